The molecule has 0 aromatic heterocycles. The van der Waals surface area contributed by atoms with E-state index in [-0.39, 0.29) is 30.1 Å². The number of thioether (sulfide) groups is 1. The van der Waals surface area contributed by atoms with Crippen molar-refractivity contribution in [2.45, 2.75) is 18.7 Å². The molecule has 1 N–H and O–H groups in total. The van der Waals surface area contributed by atoms with Crippen LogP contribution in [-0.2, 0) is 11.3 Å². The van der Waals surface area contributed by atoms with Crippen molar-refractivity contribution in [2.24, 2.45) is 0 Å². The summed E-state index contributed by atoms with van der Waals surface area (Å²) in [6, 6.07) is 6.43. The topological polar surface area (TPSA) is 40.5 Å². The van der Waals surface area contributed by atoms with Crippen molar-refractivity contribution in [3.05, 3.63) is 35.6 Å². The summed E-state index contributed by atoms with van der Waals surface area (Å²) in [5, 5.41) is 8.90. The third-order valence-corrected chi connectivity index (χ3v) is 3.67. The second kappa shape index (κ2) is 7.38. The summed E-state index contributed by atoms with van der Waals surface area (Å²) in [4.78, 5) is 13.3. The van der Waals surface area contributed by atoms with Crippen LogP contribution in [0, 0.1) is 5.82 Å². The van der Waals surface area contributed by atoms with Crippen LogP contribution in [0.5, 0.6) is 0 Å². The molecule has 0 aliphatic rings. The van der Waals surface area contributed by atoms with Crippen molar-refractivity contribution in [3.63, 3.8) is 0 Å². The maximum absolute atomic E-state index is 13.4. The average Bonchev–Trinajstić information content (AvgIpc) is 2.38. The van der Waals surface area contributed by atoms with E-state index in [0.29, 0.717) is 11.3 Å². The van der Waals surface area contributed by atoms with Crippen LogP contribution in [0.1, 0.15) is 12.5 Å². The molecule has 0 aliphatic carbocycles. The van der Waals surface area contributed by atoms with Crippen LogP contribution in [0.4, 0.5) is 4.39 Å². The molecule has 0 aliphatic heterocycles. The minimum Gasteiger partial charge on any atom is -0.395 e. The molecule has 1 amide bonds. The van der Waals surface area contributed by atoms with Crippen LogP contribution < -0.4 is 0 Å². The van der Waals surface area contributed by atoms with Gasteiger partial charge in [0.25, 0.3) is 0 Å². The van der Waals surface area contributed by atoms with Gasteiger partial charge >= 0.3 is 0 Å². The van der Waals surface area contributed by atoms with Gasteiger partial charge in [-0.3, -0.25) is 4.79 Å². The maximum Gasteiger partial charge on any atom is 0.232 e. The van der Waals surface area contributed by atoms with Gasteiger partial charge in [0.1, 0.15) is 5.82 Å². The third kappa shape index (κ3) is 4.66. The van der Waals surface area contributed by atoms with Gasteiger partial charge in [0.2, 0.25) is 5.91 Å². The molecule has 1 aromatic carbocycles. The molecule has 0 heterocycles. The van der Waals surface area contributed by atoms with Crippen LogP contribution in [-0.4, -0.2) is 40.6 Å². The van der Waals surface area contributed by atoms with Crippen LogP contribution in [0.3, 0.4) is 0 Å². The molecular formula is C13H18FNO2S. The van der Waals surface area contributed by atoms with E-state index < -0.39 is 0 Å². The molecule has 0 radical (unpaired) electrons. The number of halogens is 1. The average molecular weight is 271 g/mol. The largest absolute Gasteiger partial charge is 0.395 e. The Morgan fingerprint density at radius 1 is 1.50 bits per heavy atom. The molecule has 0 bridgehead atoms. The highest BCUT2D eigenvalue weighted by atomic mass is 32.2. The fourth-order valence-electron chi connectivity index (χ4n) is 1.35. The van der Waals surface area contributed by atoms with Crippen molar-refractivity contribution in [3.8, 4) is 0 Å². The van der Waals surface area contributed by atoms with Gasteiger partial charge in [-0.05, 0) is 6.07 Å². The highest BCUT2D eigenvalue weighted by Gasteiger charge is 2.12. The second-order valence-electron chi connectivity index (χ2n) is 4.15. The summed E-state index contributed by atoms with van der Waals surface area (Å²) < 4.78 is 13.4. The summed E-state index contributed by atoms with van der Waals surface area (Å²) in [6.45, 7) is 2.17. The summed E-state index contributed by atoms with van der Waals surface area (Å²) in [6.07, 6.45) is 0. The molecule has 1 rings (SSSR count). The fourth-order valence-corrected chi connectivity index (χ4v) is 2.10. The monoisotopic (exact) mass is 271 g/mol. The highest BCUT2D eigenvalue weighted by molar-refractivity contribution is 8.00. The van der Waals surface area contributed by atoms with E-state index >= 15 is 0 Å². The van der Waals surface area contributed by atoms with E-state index in [2.05, 4.69) is 0 Å². The number of hydrogen-bond donors (Lipinski definition) is 1. The molecule has 100 valence electrons. The Kier molecular flexibility index (Phi) is 6.15. The first-order valence-corrected chi connectivity index (χ1v) is 6.79. The quantitative estimate of drug-likeness (QED) is 0.859. The smallest absolute Gasteiger partial charge is 0.232 e. The van der Waals surface area contributed by atoms with Crippen molar-refractivity contribution >= 4 is 17.7 Å². The van der Waals surface area contributed by atoms with Crippen molar-refractivity contribution in [1.29, 1.82) is 0 Å². The SMILES string of the molecule is CC(CO)SCC(=O)N(C)Cc1ccccc1F. The second-order valence-corrected chi connectivity index (χ2v) is 5.57. The summed E-state index contributed by atoms with van der Waals surface area (Å²) in [5.74, 6) is -0.0655. The maximum atomic E-state index is 13.4. The normalized spacial score (nSPS) is 12.2. The Hall–Kier alpha value is -1.07. The number of amides is 1. The van der Waals surface area contributed by atoms with Gasteiger partial charge in [-0.15, -0.1) is 11.8 Å². The van der Waals surface area contributed by atoms with Gasteiger partial charge in [0, 0.05) is 24.4 Å². The Bertz CT molecular complexity index is 400. The number of benzene rings is 1. The number of rotatable bonds is 6. The molecule has 3 nitrogen and oxygen atoms in total. The van der Waals surface area contributed by atoms with E-state index in [1.165, 1.54) is 22.7 Å². The Balaban J connectivity index is 2.47. The van der Waals surface area contributed by atoms with Crippen LogP contribution in [0.15, 0.2) is 24.3 Å². The molecule has 0 saturated carbocycles. The molecule has 5 heteroatoms. The first kappa shape index (κ1) is 15.0. The van der Waals surface area contributed by atoms with Crippen molar-refractivity contribution < 1.29 is 14.3 Å². The highest BCUT2D eigenvalue weighted by Crippen LogP contribution is 2.13. The van der Waals surface area contributed by atoms with E-state index in [9.17, 15) is 9.18 Å². The van der Waals surface area contributed by atoms with Gasteiger partial charge < -0.3 is 10.0 Å². The zero-order chi connectivity index (χ0) is 13.5. The summed E-state index contributed by atoms with van der Waals surface area (Å²) in [5.41, 5.74) is 0.508. The Labute approximate surface area is 111 Å². The van der Waals surface area contributed by atoms with Crippen LogP contribution in [0.2, 0.25) is 0 Å². The third-order valence-electron chi connectivity index (χ3n) is 2.54. The first-order valence-electron chi connectivity index (χ1n) is 5.74. The molecule has 1 aromatic rings. The molecule has 0 spiro atoms. The van der Waals surface area contributed by atoms with Gasteiger partial charge in [-0.25, -0.2) is 4.39 Å². The van der Waals surface area contributed by atoms with E-state index in [0.717, 1.165) is 0 Å². The number of carbonyl (C=O) groups is 1. The van der Waals surface area contributed by atoms with Crippen LogP contribution >= 0.6 is 11.8 Å². The predicted octanol–water partition coefficient (Wildman–Crippen LogP) is 1.90. The zero-order valence-corrected chi connectivity index (χ0v) is 11.4. The number of aliphatic hydroxyl groups excluding tert-OH is 1. The molecule has 18 heavy (non-hydrogen) atoms. The fraction of sp³-hybridized carbons (Fsp3) is 0.462. The summed E-state index contributed by atoms with van der Waals surface area (Å²) >= 11 is 1.39. The number of carbonyl (C=O) groups excluding carboxylic acids is 1. The molecule has 1 atom stereocenters. The Morgan fingerprint density at radius 2 is 2.17 bits per heavy atom. The van der Waals surface area contributed by atoms with E-state index in [1.807, 2.05) is 6.92 Å². The lowest BCUT2D eigenvalue weighted by molar-refractivity contribution is -0.127. The molecule has 0 saturated heterocycles. The minimum absolute atomic E-state index is 0.0378. The summed E-state index contributed by atoms with van der Waals surface area (Å²) in [7, 11) is 1.65. The van der Waals surface area contributed by atoms with Crippen molar-refractivity contribution in [1.82, 2.24) is 4.90 Å². The molecule has 1 unspecified atom stereocenters. The number of aliphatic hydroxyl groups is 1. The van der Waals surface area contributed by atoms with E-state index in [4.69, 9.17) is 5.11 Å². The predicted molar refractivity (Wildman–Crippen MR) is 71.9 cm³/mol. The Morgan fingerprint density at radius 3 is 2.78 bits per heavy atom. The van der Waals surface area contributed by atoms with Crippen LogP contribution in [0.25, 0.3) is 0 Å². The lowest BCUT2D eigenvalue weighted by Crippen LogP contribution is -2.29. The van der Waals surface area contributed by atoms with E-state index in [1.54, 1.807) is 25.2 Å². The van der Waals surface area contributed by atoms with Gasteiger partial charge in [-0.1, -0.05) is 25.1 Å². The minimum atomic E-state index is -0.298. The number of nitrogens with zero attached hydrogens (tertiary/aromatic N) is 1. The lowest BCUT2D eigenvalue weighted by atomic mass is 10.2. The standard InChI is InChI=1S/C13H18FNO2S/c1-10(8-16)18-9-13(17)15(2)7-11-5-3-4-6-12(11)14/h3-6,10,16H,7-9H2,1-2H3. The van der Waals surface area contributed by atoms with Crippen molar-refractivity contribution in [2.75, 3.05) is 19.4 Å². The van der Waals surface area contributed by atoms with Gasteiger partial charge in [-0.2, -0.15) is 0 Å². The molecule has 0 fully saturated rings. The lowest BCUT2D eigenvalue weighted by Gasteiger charge is -2.18. The first-order chi connectivity index (χ1) is 8.54. The molecular weight excluding hydrogens is 253 g/mol. The number of hydrogen-bond acceptors (Lipinski definition) is 3. The van der Waals surface area contributed by atoms with Gasteiger partial charge in [0.05, 0.1) is 12.4 Å². The zero-order valence-electron chi connectivity index (χ0n) is 10.6. The van der Waals surface area contributed by atoms with Gasteiger partial charge in [0.15, 0.2) is 0 Å².